The number of hydrogen-bond donors (Lipinski definition) is 0. The summed E-state index contributed by atoms with van der Waals surface area (Å²) < 4.78 is 5.51. The number of carbonyl (C=O) groups is 2. The van der Waals surface area contributed by atoms with E-state index in [1.165, 1.54) is 18.5 Å². The van der Waals surface area contributed by atoms with Gasteiger partial charge in [0.05, 0.1) is 0 Å². The molecule has 1 aromatic rings. The van der Waals surface area contributed by atoms with Gasteiger partial charge in [-0.1, -0.05) is 6.92 Å². The Kier molecular flexibility index (Phi) is 4.76. The Morgan fingerprint density at radius 2 is 1.92 bits per heavy atom. The fourth-order valence-corrected chi connectivity index (χ4v) is 3.64. The molecule has 1 aromatic carbocycles. The van der Waals surface area contributed by atoms with Crippen LogP contribution in [0.5, 0.6) is 0 Å². The molecule has 0 radical (unpaired) electrons. The molecular formula is C20H28N2O3. The second kappa shape index (κ2) is 6.70. The number of fused-ring (bicyclic) bond motifs is 1. The normalized spacial score (nSPS) is 18.5. The highest BCUT2D eigenvalue weighted by Gasteiger charge is 2.37. The number of anilines is 1. The van der Waals surface area contributed by atoms with Crippen LogP contribution >= 0.6 is 0 Å². The molecule has 0 unspecified atom stereocenters. The van der Waals surface area contributed by atoms with Crippen molar-refractivity contribution < 1.29 is 14.3 Å². The number of amides is 1. The Bertz CT molecular complexity index is 672. The van der Waals surface area contributed by atoms with E-state index < -0.39 is 11.6 Å². The fourth-order valence-electron chi connectivity index (χ4n) is 3.64. The van der Waals surface area contributed by atoms with Crippen LogP contribution in [-0.2, 0) is 16.1 Å². The number of hydrogen-bond acceptors (Lipinski definition) is 4. The van der Waals surface area contributed by atoms with Gasteiger partial charge in [0.1, 0.15) is 11.6 Å². The summed E-state index contributed by atoms with van der Waals surface area (Å²) in [4.78, 5) is 29.3. The van der Waals surface area contributed by atoms with Crippen LogP contribution in [0.3, 0.4) is 0 Å². The summed E-state index contributed by atoms with van der Waals surface area (Å²) in [5.41, 5.74) is 2.35. The standard InChI is InChI=1S/C20H28N2O3/c1-5-17(19(24)25-20(2,3)4)22-13-14-12-15(21-10-6-7-11-21)8-9-16(14)18(22)23/h8-9,12,17H,5-7,10-11,13H2,1-4H3/t17-/m0/s1. The molecular weight excluding hydrogens is 316 g/mol. The van der Waals surface area contributed by atoms with Gasteiger partial charge in [-0.3, -0.25) is 4.79 Å². The molecule has 0 aliphatic carbocycles. The summed E-state index contributed by atoms with van der Waals surface area (Å²) in [6.45, 7) is 10.1. The molecule has 0 spiro atoms. The van der Waals surface area contributed by atoms with Gasteiger partial charge in [0.25, 0.3) is 5.91 Å². The van der Waals surface area contributed by atoms with Crippen molar-refractivity contribution in [1.82, 2.24) is 4.90 Å². The molecule has 0 aromatic heterocycles. The van der Waals surface area contributed by atoms with E-state index in [-0.39, 0.29) is 11.9 Å². The summed E-state index contributed by atoms with van der Waals surface area (Å²) in [5.74, 6) is -0.392. The highest BCUT2D eigenvalue weighted by molar-refractivity contribution is 6.01. The van der Waals surface area contributed by atoms with Gasteiger partial charge in [-0.05, 0) is 63.8 Å². The number of nitrogens with zero attached hydrogens (tertiary/aromatic N) is 2. The summed E-state index contributed by atoms with van der Waals surface area (Å²) in [6, 6.07) is 5.52. The average molecular weight is 344 g/mol. The van der Waals surface area contributed by atoms with Crippen molar-refractivity contribution in [3.63, 3.8) is 0 Å². The minimum Gasteiger partial charge on any atom is -0.458 e. The van der Waals surface area contributed by atoms with Crippen LogP contribution in [0.4, 0.5) is 5.69 Å². The van der Waals surface area contributed by atoms with E-state index in [2.05, 4.69) is 11.0 Å². The van der Waals surface area contributed by atoms with Gasteiger partial charge >= 0.3 is 5.97 Å². The number of esters is 1. The zero-order valence-electron chi connectivity index (χ0n) is 15.7. The van der Waals surface area contributed by atoms with Gasteiger partial charge in [0, 0.05) is 30.9 Å². The predicted molar refractivity (Wildman–Crippen MR) is 97.7 cm³/mol. The monoisotopic (exact) mass is 344 g/mol. The lowest BCUT2D eigenvalue weighted by molar-refractivity contribution is -0.160. The van der Waals surface area contributed by atoms with Gasteiger partial charge in [-0.2, -0.15) is 0 Å². The van der Waals surface area contributed by atoms with Crippen LogP contribution in [0, 0.1) is 0 Å². The first-order valence-electron chi connectivity index (χ1n) is 9.22. The van der Waals surface area contributed by atoms with Crippen molar-refractivity contribution in [3.8, 4) is 0 Å². The second-order valence-corrected chi connectivity index (χ2v) is 7.93. The third-order valence-electron chi connectivity index (χ3n) is 4.83. The largest absolute Gasteiger partial charge is 0.458 e. The topological polar surface area (TPSA) is 49.9 Å². The highest BCUT2D eigenvalue weighted by atomic mass is 16.6. The third kappa shape index (κ3) is 3.65. The lowest BCUT2D eigenvalue weighted by Gasteiger charge is -2.29. The van der Waals surface area contributed by atoms with Crippen molar-refractivity contribution in [1.29, 1.82) is 0 Å². The fraction of sp³-hybridized carbons (Fsp3) is 0.600. The SMILES string of the molecule is CC[C@@H](C(=O)OC(C)(C)C)N1Cc2cc(N3CCCC3)ccc2C1=O. The molecule has 2 aliphatic rings. The third-order valence-corrected chi connectivity index (χ3v) is 4.83. The molecule has 136 valence electrons. The molecule has 0 saturated carbocycles. The highest BCUT2D eigenvalue weighted by Crippen LogP contribution is 2.31. The quantitative estimate of drug-likeness (QED) is 0.786. The van der Waals surface area contributed by atoms with Crippen molar-refractivity contribution in [2.45, 2.75) is 65.1 Å². The summed E-state index contributed by atoms with van der Waals surface area (Å²) in [5, 5.41) is 0. The van der Waals surface area contributed by atoms with Gasteiger partial charge < -0.3 is 14.5 Å². The molecule has 25 heavy (non-hydrogen) atoms. The predicted octanol–water partition coefficient (Wildman–Crippen LogP) is 3.36. The Morgan fingerprint density at radius 3 is 2.52 bits per heavy atom. The molecule has 5 heteroatoms. The summed E-state index contributed by atoms with van der Waals surface area (Å²) in [6.07, 6.45) is 2.99. The van der Waals surface area contributed by atoms with Crippen LogP contribution < -0.4 is 4.90 Å². The molecule has 0 N–H and O–H groups in total. The van der Waals surface area contributed by atoms with Crippen molar-refractivity contribution in [2.24, 2.45) is 0 Å². The first-order chi connectivity index (χ1) is 11.8. The van der Waals surface area contributed by atoms with Crippen molar-refractivity contribution >= 4 is 17.6 Å². The lowest BCUT2D eigenvalue weighted by Crippen LogP contribution is -2.44. The number of ether oxygens (including phenoxy) is 1. The maximum Gasteiger partial charge on any atom is 0.329 e. The molecule has 5 nitrogen and oxygen atoms in total. The summed E-state index contributed by atoms with van der Waals surface area (Å²) >= 11 is 0. The van der Waals surface area contributed by atoms with Gasteiger partial charge in [0.15, 0.2) is 0 Å². The molecule has 1 fully saturated rings. The molecule has 1 amide bonds. The van der Waals surface area contributed by atoms with Crippen molar-refractivity contribution in [2.75, 3.05) is 18.0 Å². The van der Waals surface area contributed by atoms with E-state index in [1.54, 1.807) is 4.90 Å². The minimum atomic E-state index is -0.553. The second-order valence-electron chi connectivity index (χ2n) is 7.93. The van der Waals surface area contributed by atoms with E-state index in [0.29, 0.717) is 18.5 Å². The lowest BCUT2D eigenvalue weighted by atomic mass is 10.1. The molecule has 1 atom stereocenters. The number of benzene rings is 1. The van der Waals surface area contributed by atoms with Crippen molar-refractivity contribution in [3.05, 3.63) is 29.3 Å². The smallest absolute Gasteiger partial charge is 0.329 e. The van der Waals surface area contributed by atoms with Crippen LogP contribution in [-0.4, -0.2) is 41.5 Å². The minimum absolute atomic E-state index is 0.0688. The van der Waals surface area contributed by atoms with E-state index in [0.717, 1.165) is 18.7 Å². The molecule has 1 saturated heterocycles. The van der Waals surface area contributed by atoms with Gasteiger partial charge in [-0.25, -0.2) is 4.79 Å². The number of carbonyl (C=O) groups excluding carboxylic acids is 2. The van der Waals surface area contributed by atoms with E-state index >= 15 is 0 Å². The average Bonchev–Trinajstić information content (AvgIpc) is 3.15. The van der Waals surface area contributed by atoms with E-state index in [1.807, 2.05) is 39.8 Å². The molecule has 3 rings (SSSR count). The Morgan fingerprint density at radius 1 is 1.24 bits per heavy atom. The van der Waals surface area contributed by atoms with Crippen LogP contribution in [0.1, 0.15) is 62.9 Å². The zero-order valence-corrected chi connectivity index (χ0v) is 15.7. The number of rotatable bonds is 4. The van der Waals surface area contributed by atoms with Crippen LogP contribution in [0.2, 0.25) is 0 Å². The van der Waals surface area contributed by atoms with Gasteiger partial charge in [0.2, 0.25) is 0 Å². The summed E-state index contributed by atoms with van der Waals surface area (Å²) in [7, 11) is 0. The van der Waals surface area contributed by atoms with Crippen LogP contribution in [0.15, 0.2) is 18.2 Å². The molecule has 0 bridgehead atoms. The van der Waals surface area contributed by atoms with E-state index in [4.69, 9.17) is 4.74 Å². The van der Waals surface area contributed by atoms with Crippen LogP contribution in [0.25, 0.3) is 0 Å². The maximum absolute atomic E-state index is 12.8. The molecule has 2 heterocycles. The molecule has 2 aliphatic heterocycles. The Labute approximate surface area is 149 Å². The Hall–Kier alpha value is -2.04. The first kappa shape index (κ1) is 17.8. The Balaban J connectivity index is 1.79. The first-order valence-corrected chi connectivity index (χ1v) is 9.22. The zero-order chi connectivity index (χ0) is 18.2. The van der Waals surface area contributed by atoms with E-state index in [9.17, 15) is 9.59 Å². The van der Waals surface area contributed by atoms with Gasteiger partial charge in [-0.15, -0.1) is 0 Å². The maximum atomic E-state index is 12.8.